The average molecular weight is 273 g/mol. The van der Waals surface area contributed by atoms with Gasteiger partial charge in [0.2, 0.25) is 0 Å². The van der Waals surface area contributed by atoms with Crippen LogP contribution in [0, 0.1) is 5.92 Å². The molecule has 0 aromatic heterocycles. The zero-order valence-corrected chi connectivity index (χ0v) is 13.6. The second-order valence-electron chi connectivity index (χ2n) is 6.81. The third-order valence-electron chi connectivity index (χ3n) is 4.82. The molecule has 2 rings (SSSR count). The number of hydrogen-bond donors (Lipinski definition) is 0. The van der Waals surface area contributed by atoms with Crippen LogP contribution in [0.3, 0.4) is 0 Å². The van der Waals surface area contributed by atoms with Crippen molar-refractivity contribution < 1.29 is 0 Å². The van der Waals surface area contributed by atoms with Gasteiger partial charge in [-0.1, -0.05) is 87.2 Å². The fourth-order valence-electron chi connectivity index (χ4n) is 3.88. The van der Waals surface area contributed by atoms with Crippen LogP contribution >= 0.6 is 0 Å². The minimum absolute atomic E-state index is 0.785. The Labute approximate surface area is 119 Å². The highest BCUT2D eigenvalue weighted by molar-refractivity contribution is 6.78. The number of allylic oxidation sites excluding steroid dienone is 1. The maximum atomic E-state index is 4.18. The predicted molar refractivity (Wildman–Crippen MR) is 88.2 cm³/mol. The molecule has 0 N–H and O–H groups in total. The summed E-state index contributed by atoms with van der Waals surface area (Å²) in [6, 6.07) is 12.3. The highest BCUT2D eigenvalue weighted by atomic mass is 28.3. The second-order valence-corrected chi connectivity index (χ2v) is 11.8. The van der Waals surface area contributed by atoms with E-state index >= 15 is 0 Å². The Balaban J connectivity index is 2.08. The van der Waals surface area contributed by atoms with Crippen LogP contribution in [0.4, 0.5) is 0 Å². The summed E-state index contributed by atoms with van der Waals surface area (Å²) in [6.07, 6.45) is 9.48. The molecule has 1 atom stereocenters. The van der Waals surface area contributed by atoms with Crippen molar-refractivity contribution in [2.75, 3.05) is 0 Å². The van der Waals surface area contributed by atoms with Gasteiger partial charge in [0, 0.05) is 0 Å². The molecule has 104 valence electrons. The van der Waals surface area contributed by atoms with Gasteiger partial charge < -0.3 is 0 Å². The minimum atomic E-state index is -1.28. The zero-order chi connectivity index (χ0) is 13.7. The van der Waals surface area contributed by atoms with E-state index in [-0.39, 0.29) is 0 Å². The molecule has 1 unspecified atom stereocenters. The van der Waals surface area contributed by atoms with E-state index < -0.39 is 8.07 Å². The molecule has 0 bridgehead atoms. The van der Waals surface area contributed by atoms with Crippen LogP contribution in [0.15, 0.2) is 43.0 Å². The first-order chi connectivity index (χ1) is 9.13. The molecule has 1 fully saturated rings. The highest BCUT2D eigenvalue weighted by Gasteiger charge is 2.35. The fraction of sp³-hybridized carbons (Fsp3) is 0.556. The Bertz CT molecular complexity index is 387. The topological polar surface area (TPSA) is 0 Å². The van der Waals surface area contributed by atoms with E-state index in [4.69, 9.17) is 0 Å². The van der Waals surface area contributed by atoms with Gasteiger partial charge in [-0.05, 0) is 17.5 Å². The average Bonchev–Trinajstić information content (AvgIpc) is 2.41. The molecule has 1 aliphatic rings. The summed E-state index contributed by atoms with van der Waals surface area (Å²) in [7, 11) is -1.28. The summed E-state index contributed by atoms with van der Waals surface area (Å²) in [6.45, 7) is 9.29. The van der Waals surface area contributed by atoms with Crippen molar-refractivity contribution in [3.8, 4) is 0 Å². The van der Waals surface area contributed by atoms with Gasteiger partial charge in [-0.25, -0.2) is 0 Å². The largest absolute Gasteiger partial charge is 0.103 e. The van der Waals surface area contributed by atoms with Gasteiger partial charge in [0.1, 0.15) is 0 Å². The highest BCUT2D eigenvalue weighted by Crippen LogP contribution is 2.41. The first-order valence-corrected chi connectivity index (χ1v) is 11.1. The van der Waals surface area contributed by atoms with Crippen molar-refractivity contribution in [3.05, 3.63) is 48.6 Å². The Morgan fingerprint density at radius 2 is 1.79 bits per heavy atom. The molecule has 0 spiro atoms. The van der Waals surface area contributed by atoms with E-state index in [0.717, 1.165) is 11.5 Å². The van der Waals surface area contributed by atoms with Gasteiger partial charge in [-0.3, -0.25) is 0 Å². The van der Waals surface area contributed by atoms with Gasteiger partial charge >= 0.3 is 0 Å². The number of benzene rings is 1. The standard InChI is InChI=1S/C18H28Si/c1-4-18(17-13-9-6-10-14-17)19(2,3)15-16-11-7-5-8-12-16/h4-5,7-8,11-12,17-18H,1,6,9-10,13-15H2,2-3H3. The van der Waals surface area contributed by atoms with E-state index in [1.165, 1.54) is 43.7 Å². The minimum Gasteiger partial charge on any atom is -0.103 e. The van der Waals surface area contributed by atoms with Crippen molar-refractivity contribution in [2.24, 2.45) is 5.92 Å². The van der Waals surface area contributed by atoms with Gasteiger partial charge in [-0.2, -0.15) is 0 Å². The molecule has 1 aliphatic carbocycles. The molecular weight excluding hydrogens is 244 g/mol. The first-order valence-electron chi connectivity index (χ1n) is 7.80. The molecule has 1 aromatic carbocycles. The summed E-state index contributed by atoms with van der Waals surface area (Å²) in [5, 5.41) is 0. The van der Waals surface area contributed by atoms with Crippen LogP contribution < -0.4 is 0 Å². The monoisotopic (exact) mass is 272 g/mol. The summed E-state index contributed by atoms with van der Waals surface area (Å²) in [5.74, 6) is 0.914. The molecule has 0 amide bonds. The molecule has 0 radical (unpaired) electrons. The SMILES string of the molecule is C=CC(C1CCCCC1)[Si](C)(C)Cc1ccccc1. The molecule has 1 aromatic rings. The van der Waals surface area contributed by atoms with Crippen LogP contribution in [0.2, 0.25) is 18.6 Å². The number of rotatable bonds is 5. The van der Waals surface area contributed by atoms with Crippen LogP contribution in [0.5, 0.6) is 0 Å². The summed E-state index contributed by atoms with van der Waals surface area (Å²) in [5.41, 5.74) is 2.30. The summed E-state index contributed by atoms with van der Waals surface area (Å²) < 4.78 is 0. The van der Waals surface area contributed by atoms with Crippen molar-refractivity contribution in [2.45, 2.75) is 56.8 Å². The van der Waals surface area contributed by atoms with E-state index in [1.807, 2.05) is 0 Å². The fourth-order valence-corrected chi connectivity index (χ4v) is 7.65. The maximum absolute atomic E-state index is 4.18. The molecule has 0 nitrogen and oxygen atoms in total. The Morgan fingerprint density at radius 1 is 1.16 bits per heavy atom. The normalized spacial score (nSPS) is 19.1. The lowest BCUT2D eigenvalue weighted by atomic mass is 9.86. The molecule has 0 saturated heterocycles. The molecule has 1 heteroatoms. The van der Waals surface area contributed by atoms with E-state index in [9.17, 15) is 0 Å². The van der Waals surface area contributed by atoms with E-state index in [0.29, 0.717) is 0 Å². The summed E-state index contributed by atoms with van der Waals surface area (Å²) >= 11 is 0. The van der Waals surface area contributed by atoms with E-state index in [2.05, 4.69) is 56.1 Å². The lowest BCUT2D eigenvalue weighted by Gasteiger charge is -2.38. The van der Waals surface area contributed by atoms with Gasteiger partial charge in [0.25, 0.3) is 0 Å². The van der Waals surface area contributed by atoms with Gasteiger partial charge in [-0.15, -0.1) is 6.58 Å². The van der Waals surface area contributed by atoms with Gasteiger partial charge in [0.05, 0.1) is 8.07 Å². The quantitative estimate of drug-likeness (QED) is 0.482. The smallest absolute Gasteiger partial charge is 0.0590 e. The van der Waals surface area contributed by atoms with Crippen molar-refractivity contribution >= 4 is 8.07 Å². The third kappa shape index (κ3) is 3.82. The Kier molecular flexibility index (Phi) is 5.03. The Hall–Kier alpha value is -0.823. The lowest BCUT2D eigenvalue weighted by Crippen LogP contribution is -2.39. The number of hydrogen-bond acceptors (Lipinski definition) is 0. The predicted octanol–water partition coefficient (Wildman–Crippen LogP) is 5.61. The molecule has 0 aliphatic heterocycles. The van der Waals surface area contributed by atoms with Crippen molar-refractivity contribution in [1.29, 1.82) is 0 Å². The van der Waals surface area contributed by atoms with Crippen molar-refractivity contribution in [3.63, 3.8) is 0 Å². The van der Waals surface area contributed by atoms with Crippen LogP contribution in [-0.2, 0) is 6.04 Å². The molecule has 1 saturated carbocycles. The van der Waals surface area contributed by atoms with Gasteiger partial charge in [0.15, 0.2) is 0 Å². The molecular formula is C18H28Si. The Morgan fingerprint density at radius 3 is 2.37 bits per heavy atom. The third-order valence-corrected chi connectivity index (χ3v) is 8.65. The van der Waals surface area contributed by atoms with Crippen molar-refractivity contribution in [1.82, 2.24) is 0 Å². The maximum Gasteiger partial charge on any atom is 0.0590 e. The second kappa shape index (κ2) is 6.56. The molecule has 0 heterocycles. The van der Waals surface area contributed by atoms with Crippen LogP contribution in [0.1, 0.15) is 37.7 Å². The zero-order valence-electron chi connectivity index (χ0n) is 12.6. The lowest BCUT2D eigenvalue weighted by molar-refractivity contribution is 0.356. The van der Waals surface area contributed by atoms with Crippen LogP contribution in [0.25, 0.3) is 0 Å². The summed E-state index contributed by atoms with van der Waals surface area (Å²) in [4.78, 5) is 0. The first kappa shape index (κ1) is 14.6. The van der Waals surface area contributed by atoms with Crippen LogP contribution in [-0.4, -0.2) is 8.07 Å². The van der Waals surface area contributed by atoms with E-state index in [1.54, 1.807) is 0 Å². The molecule has 19 heavy (non-hydrogen) atoms.